The lowest BCUT2D eigenvalue weighted by atomic mass is 9.93. The molecule has 3 nitrogen and oxygen atoms in total. The lowest BCUT2D eigenvalue weighted by Crippen LogP contribution is -2.06. The number of halogens is 1. The third kappa shape index (κ3) is 1.29. The molecule has 0 saturated heterocycles. The van der Waals surface area contributed by atoms with Gasteiger partial charge in [0.05, 0.1) is 11.4 Å². The van der Waals surface area contributed by atoms with Gasteiger partial charge in [0, 0.05) is 16.5 Å². The second kappa shape index (κ2) is 3.65. The van der Waals surface area contributed by atoms with Gasteiger partial charge in [-0.25, -0.2) is 9.97 Å². The highest BCUT2D eigenvalue weighted by atomic mass is 79.9. The lowest BCUT2D eigenvalue weighted by molar-refractivity contribution is 0.902. The van der Waals surface area contributed by atoms with Crippen molar-refractivity contribution in [2.45, 2.75) is 12.8 Å². The number of hydrogen-bond donors (Lipinski definition) is 1. The van der Waals surface area contributed by atoms with Gasteiger partial charge < -0.3 is 4.98 Å². The number of nitrogens with one attached hydrogen (secondary N) is 1. The van der Waals surface area contributed by atoms with Crippen molar-refractivity contribution in [1.82, 2.24) is 15.0 Å². The number of benzene rings is 1. The summed E-state index contributed by atoms with van der Waals surface area (Å²) < 4.78 is 0.914. The average Bonchev–Trinajstić information content (AvgIpc) is 2.78. The molecule has 0 bridgehead atoms. The van der Waals surface area contributed by atoms with Crippen molar-refractivity contribution in [1.29, 1.82) is 0 Å². The highest BCUT2D eigenvalue weighted by Crippen LogP contribution is 2.37. The molecule has 88 valence electrons. The fourth-order valence-corrected chi connectivity index (χ4v) is 3.22. The lowest BCUT2D eigenvalue weighted by Gasteiger charge is -2.15. The van der Waals surface area contributed by atoms with Crippen LogP contribution in [0.25, 0.3) is 22.3 Å². The normalized spacial score (nSPS) is 13.4. The van der Waals surface area contributed by atoms with Gasteiger partial charge in [0.2, 0.25) is 0 Å². The average molecular weight is 300 g/mol. The molecule has 2 heterocycles. The highest BCUT2D eigenvalue weighted by molar-refractivity contribution is 9.10. The first-order valence-electron chi connectivity index (χ1n) is 5.94. The van der Waals surface area contributed by atoms with Crippen molar-refractivity contribution in [2.75, 3.05) is 0 Å². The fourth-order valence-electron chi connectivity index (χ4n) is 2.74. The second-order valence-electron chi connectivity index (χ2n) is 4.52. The summed E-state index contributed by atoms with van der Waals surface area (Å²) >= 11 is 3.51. The first kappa shape index (κ1) is 10.3. The predicted molar refractivity (Wildman–Crippen MR) is 74.4 cm³/mol. The van der Waals surface area contributed by atoms with Gasteiger partial charge in [-0.1, -0.05) is 18.2 Å². The van der Waals surface area contributed by atoms with Crippen LogP contribution in [0.3, 0.4) is 0 Å². The van der Waals surface area contributed by atoms with Crippen molar-refractivity contribution >= 4 is 26.8 Å². The third-order valence-electron chi connectivity index (χ3n) is 3.57. The molecule has 3 aromatic rings. The minimum absolute atomic E-state index is 0.914. The first-order valence-corrected chi connectivity index (χ1v) is 6.73. The molecule has 1 aliphatic carbocycles. The number of hydrogen-bond acceptors (Lipinski definition) is 2. The Morgan fingerprint density at radius 1 is 1.06 bits per heavy atom. The van der Waals surface area contributed by atoms with Crippen LogP contribution in [0.5, 0.6) is 0 Å². The molecule has 0 atom stereocenters. The maximum Gasteiger partial charge on any atom is 0.117 e. The first-order chi connectivity index (χ1) is 8.84. The molecule has 18 heavy (non-hydrogen) atoms. The number of aromatic nitrogens is 3. The van der Waals surface area contributed by atoms with Crippen LogP contribution >= 0.6 is 15.9 Å². The standard InChI is InChI=1S/C14H10BrN3/c15-14-10-6-5-9-8-3-1-2-4-11(8)18-13(9)12(10)16-7-17-14/h1-4,7,18H,5-6H2. The second-order valence-corrected chi connectivity index (χ2v) is 5.27. The van der Waals surface area contributed by atoms with Gasteiger partial charge in [-0.3, -0.25) is 0 Å². The molecule has 0 aliphatic heterocycles. The molecule has 0 radical (unpaired) electrons. The van der Waals surface area contributed by atoms with Crippen LogP contribution in [-0.4, -0.2) is 15.0 Å². The maximum absolute atomic E-state index is 4.44. The van der Waals surface area contributed by atoms with Crippen molar-refractivity contribution < 1.29 is 0 Å². The van der Waals surface area contributed by atoms with E-state index < -0.39 is 0 Å². The molecule has 0 unspecified atom stereocenters. The van der Waals surface area contributed by atoms with Gasteiger partial charge in [0.15, 0.2) is 0 Å². The van der Waals surface area contributed by atoms with Gasteiger partial charge in [0.1, 0.15) is 10.9 Å². The van der Waals surface area contributed by atoms with Crippen LogP contribution in [0.1, 0.15) is 11.1 Å². The van der Waals surface area contributed by atoms with E-state index >= 15 is 0 Å². The van der Waals surface area contributed by atoms with Gasteiger partial charge in [-0.15, -0.1) is 0 Å². The summed E-state index contributed by atoms with van der Waals surface area (Å²) in [5.74, 6) is 0. The zero-order valence-electron chi connectivity index (χ0n) is 9.57. The molecule has 0 spiro atoms. The van der Waals surface area contributed by atoms with Crippen molar-refractivity contribution in [3.05, 3.63) is 46.3 Å². The van der Waals surface area contributed by atoms with E-state index in [1.165, 1.54) is 22.0 Å². The number of aromatic amines is 1. The molecule has 0 amide bonds. The number of H-pyrrole nitrogens is 1. The number of para-hydroxylation sites is 1. The molecule has 0 fully saturated rings. The van der Waals surface area contributed by atoms with Crippen LogP contribution in [0, 0.1) is 0 Å². The summed E-state index contributed by atoms with van der Waals surface area (Å²) in [5.41, 5.74) is 5.96. The summed E-state index contributed by atoms with van der Waals surface area (Å²) in [6.45, 7) is 0. The summed E-state index contributed by atoms with van der Waals surface area (Å²) in [6.07, 6.45) is 3.65. The van der Waals surface area contributed by atoms with Crippen molar-refractivity contribution in [3.63, 3.8) is 0 Å². The Morgan fingerprint density at radius 3 is 2.83 bits per heavy atom. The van der Waals surface area contributed by atoms with Crippen LogP contribution < -0.4 is 0 Å². The molecule has 1 aromatic carbocycles. The maximum atomic E-state index is 4.44. The Kier molecular flexibility index (Phi) is 2.08. The van der Waals surface area contributed by atoms with Crippen LogP contribution in [0.2, 0.25) is 0 Å². The Bertz CT molecular complexity index is 761. The molecule has 2 aromatic heterocycles. The topological polar surface area (TPSA) is 41.6 Å². The van der Waals surface area contributed by atoms with E-state index in [0.717, 1.165) is 28.8 Å². The quantitative estimate of drug-likeness (QED) is 0.646. The van der Waals surface area contributed by atoms with Gasteiger partial charge in [-0.05, 0) is 40.4 Å². The largest absolute Gasteiger partial charge is 0.353 e. The van der Waals surface area contributed by atoms with Crippen molar-refractivity contribution in [2.24, 2.45) is 0 Å². The SMILES string of the molecule is Brc1ncnc2c1CCc1c-2[nH]c2ccccc12. The molecule has 1 N–H and O–H groups in total. The summed E-state index contributed by atoms with van der Waals surface area (Å²) in [7, 11) is 0. The predicted octanol–water partition coefficient (Wildman–Crippen LogP) is 3.49. The third-order valence-corrected chi connectivity index (χ3v) is 4.25. The van der Waals surface area contributed by atoms with E-state index in [4.69, 9.17) is 0 Å². The summed E-state index contributed by atoms with van der Waals surface area (Å²) in [4.78, 5) is 12.1. The van der Waals surface area contributed by atoms with E-state index in [0.29, 0.717) is 0 Å². The minimum atomic E-state index is 0.914. The number of aryl methyl sites for hydroxylation is 1. The Labute approximate surface area is 112 Å². The number of fused-ring (bicyclic) bond motifs is 5. The van der Waals surface area contributed by atoms with E-state index in [1.54, 1.807) is 6.33 Å². The summed E-state index contributed by atoms with van der Waals surface area (Å²) in [6, 6.07) is 8.43. The molecule has 0 saturated carbocycles. The fraction of sp³-hybridized carbons (Fsp3) is 0.143. The van der Waals surface area contributed by atoms with E-state index in [9.17, 15) is 0 Å². The zero-order valence-corrected chi connectivity index (χ0v) is 11.2. The molecule has 1 aliphatic rings. The highest BCUT2D eigenvalue weighted by Gasteiger charge is 2.23. The molecular formula is C14H10BrN3. The van der Waals surface area contributed by atoms with Gasteiger partial charge in [-0.2, -0.15) is 0 Å². The van der Waals surface area contributed by atoms with E-state index in [1.807, 2.05) is 0 Å². The number of nitrogens with zero attached hydrogens (tertiary/aromatic N) is 2. The minimum Gasteiger partial charge on any atom is -0.353 e. The Hall–Kier alpha value is -1.68. The van der Waals surface area contributed by atoms with Crippen LogP contribution in [-0.2, 0) is 12.8 Å². The van der Waals surface area contributed by atoms with E-state index in [2.05, 4.69) is 55.1 Å². The van der Waals surface area contributed by atoms with E-state index in [-0.39, 0.29) is 0 Å². The van der Waals surface area contributed by atoms with Crippen molar-refractivity contribution in [3.8, 4) is 11.4 Å². The van der Waals surface area contributed by atoms with Crippen LogP contribution in [0.4, 0.5) is 0 Å². The monoisotopic (exact) mass is 299 g/mol. The molecule has 4 rings (SSSR count). The molecular weight excluding hydrogens is 290 g/mol. The van der Waals surface area contributed by atoms with Crippen LogP contribution in [0.15, 0.2) is 35.2 Å². The Morgan fingerprint density at radius 2 is 1.89 bits per heavy atom. The number of rotatable bonds is 0. The smallest absolute Gasteiger partial charge is 0.117 e. The zero-order chi connectivity index (χ0) is 12.1. The summed E-state index contributed by atoms with van der Waals surface area (Å²) in [5, 5.41) is 1.31. The van der Waals surface area contributed by atoms with Gasteiger partial charge in [0.25, 0.3) is 0 Å². The molecule has 4 heteroatoms. The van der Waals surface area contributed by atoms with Gasteiger partial charge >= 0.3 is 0 Å². The Balaban J connectivity index is 2.09.